The smallest absolute Gasteiger partial charge is 0.221 e. The van der Waals surface area contributed by atoms with Gasteiger partial charge in [-0.1, -0.05) is 6.07 Å². The van der Waals surface area contributed by atoms with Crippen LogP contribution >= 0.6 is 0 Å². The van der Waals surface area contributed by atoms with E-state index in [0.29, 0.717) is 11.4 Å². The van der Waals surface area contributed by atoms with E-state index in [-0.39, 0.29) is 11.9 Å². The number of methoxy groups -OCH3 is 1. The second-order valence-corrected chi connectivity index (χ2v) is 3.53. The van der Waals surface area contributed by atoms with Crippen LogP contribution in [0.1, 0.15) is 25.5 Å². The Morgan fingerprint density at radius 1 is 1.50 bits per heavy atom. The van der Waals surface area contributed by atoms with Crippen LogP contribution in [-0.2, 0) is 4.79 Å². The zero-order valence-corrected chi connectivity index (χ0v) is 9.70. The molecule has 0 saturated carbocycles. The van der Waals surface area contributed by atoms with Gasteiger partial charge in [0.2, 0.25) is 5.91 Å². The summed E-state index contributed by atoms with van der Waals surface area (Å²) < 4.78 is 5.15. The quantitative estimate of drug-likeness (QED) is 0.529. The Balaban J connectivity index is 3.05. The Bertz CT molecular complexity index is 379. The summed E-state index contributed by atoms with van der Waals surface area (Å²) >= 11 is 0. The molecule has 88 valence electrons. The number of nitrogens with one attached hydrogen (secondary N) is 2. The van der Waals surface area contributed by atoms with Crippen LogP contribution < -0.4 is 21.3 Å². The van der Waals surface area contributed by atoms with E-state index in [2.05, 4.69) is 10.7 Å². The number of carbonyl (C=O) groups excluding carboxylic acids is 1. The molecule has 0 aliphatic carbocycles. The molecule has 0 heterocycles. The highest BCUT2D eigenvalue weighted by atomic mass is 16.5. The minimum absolute atomic E-state index is 0.0124. The lowest BCUT2D eigenvalue weighted by molar-refractivity contribution is -0.114. The van der Waals surface area contributed by atoms with Gasteiger partial charge in [0.1, 0.15) is 5.75 Å². The summed E-state index contributed by atoms with van der Waals surface area (Å²) in [7, 11) is 1.56. The van der Waals surface area contributed by atoms with Crippen molar-refractivity contribution in [2.45, 2.75) is 19.9 Å². The highest BCUT2D eigenvalue weighted by Crippen LogP contribution is 2.27. The normalized spacial score (nSPS) is 12.0. The number of ether oxygens (including phenoxy) is 1. The Morgan fingerprint density at radius 2 is 2.19 bits per heavy atom. The van der Waals surface area contributed by atoms with Gasteiger partial charge in [-0.2, -0.15) is 0 Å². The number of carbonyl (C=O) groups is 1. The highest BCUT2D eigenvalue weighted by molar-refractivity contribution is 5.90. The molecule has 1 rings (SSSR count). The van der Waals surface area contributed by atoms with Crippen molar-refractivity contribution < 1.29 is 9.53 Å². The Morgan fingerprint density at radius 3 is 2.69 bits per heavy atom. The number of nitrogens with two attached hydrogens (primary N) is 1. The largest absolute Gasteiger partial charge is 0.495 e. The maximum absolute atomic E-state index is 11.0. The van der Waals surface area contributed by atoms with E-state index in [9.17, 15) is 4.79 Å². The van der Waals surface area contributed by atoms with Gasteiger partial charge in [0.15, 0.2) is 0 Å². The first kappa shape index (κ1) is 12.5. The molecule has 4 N–H and O–H groups in total. The third-order valence-corrected chi connectivity index (χ3v) is 2.28. The van der Waals surface area contributed by atoms with E-state index in [1.54, 1.807) is 13.2 Å². The van der Waals surface area contributed by atoms with Gasteiger partial charge in [0.05, 0.1) is 12.8 Å². The molecule has 1 unspecified atom stereocenters. The van der Waals surface area contributed by atoms with E-state index in [1.807, 2.05) is 19.1 Å². The van der Waals surface area contributed by atoms with Crippen molar-refractivity contribution in [3.63, 3.8) is 0 Å². The Hall–Kier alpha value is -1.59. The van der Waals surface area contributed by atoms with Crippen LogP contribution in [0.2, 0.25) is 0 Å². The molecule has 0 spiro atoms. The fourth-order valence-corrected chi connectivity index (χ4v) is 1.38. The number of rotatable bonds is 4. The van der Waals surface area contributed by atoms with Crippen LogP contribution in [-0.4, -0.2) is 13.0 Å². The van der Waals surface area contributed by atoms with Crippen molar-refractivity contribution in [3.8, 4) is 5.75 Å². The number of hydrogen-bond donors (Lipinski definition) is 3. The van der Waals surface area contributed by atoms with E-state index in [0.717, 1.165) is 5.56 Å². The zero-order chi connectivity index (χ0) is 12.1. The molecule has 0 aliphatic rings. The number of amides is 1. The van der Waals surface area contributed by atoms with Crippen LogP contribution in [0.5, 0.6) is 5.75 Å². The SMILES string of the molecule is COc1ccc(C(C)NN)cc1NC(C)=O. The average molecular weight is 223 g/mol. The molecule has 0 aliphatic heterocycles. The van der Waals surface area contributed by atoms with Crippen LogP contribution in [0.4, 0.5) is 5.69 Å². The summed E-state index contributed by atoms with van der Waals surface area (Å²) in [6.45, 7) is 3.39. The van der Waals surface area contributed by atoms with Crippen LogP contribution in [0.15, 0.2) is 18.2 Å². The van der Waals surface area contributed by atoms with Gasteiger partial charge in [-0.05, 0) is 24.6 Å². The Kier molecular flexibility index (Phi) is 4.28. The van der Waals surface area contributed by atoms with Crippen LogP contribution in [0.3, 0.4) is 0 Å². The molecule has 5 heteroatoms. The molecule has 0 radical (unpaired) electrons. The summed E-state index contributed by atoms with van der Waals surface area (Å²) in [5.41, 5.74) is 4.27. The Labute approximate surface area is 94.9 Å². The molecule has 16 heavy (non-hydrogen) atoms. The van der Waals surface area contributed by atoms with E-state index >= 15 is 0 Å². The first-order valence-corrected chi connectivity index (χ1v) is 5.00. The molecule has 0 fully saturated rings. The second-order valence-electron chi connectivity index (χ2n) is 3.53. The van der Waals surface area contributed by atoms with Gasteiger partial charge in [0, 0.05) is 13.0 Å². The predicted molar refractivity (Wildman–Crippen MR) is 63.0 cm³/mol. The van der Waals surface area contributed by atoms with E-state index in [1.165, 1.54) is 6.92 Å². The van der Waals surface area contributed by atoms with Gasteiger partial charge >= 0.3 is 0 Å². The number of hydrazine groups is 1. The van der Waals surface area contributed by atoms with E-state index in [4.69, 9.17) is 10.6 Å². The lowest BCUT2D eigenvalue weighted by Gasteiger charge is -2.14. The molecular formula is C11H17N3O2. The summed E-state index contributed by atoms with van der Waals surface area (Å²) in [4.78, 5) is 11.0. The summed E-state index contributed by atoms with van der Waals surface area (Å²) in [6.07, 6.45) is 0. The predicted octanol–water partition coefficient (Wildman–Crippen LogP) is 1.18. The molecule has 1 atom stereocenters. The van der Waals surface area contributed by atoms with Crippen molar-refractivity contribution in [1.82, 2.24) is 5.43 Å². The first-order valence-electron chi connectivity index (χ1n) is 5.00. The van der Waals surface area contributed by atoms with Crippen molar-refractivity contribution in [2.24, 2.45) is 5.84 Å². The second kappa shape index (κ2) is 5.48. The van der Waals surface area contributed by atoms with Crippen molar-refractivity contribution in [1.29, 1.82) is 0 Å². The third kappa shape index (κ3) is 2.95. The summed E-state index contributed by atoms with van der Waals surface area (Å²) in [5, 5.41) is 2.71. The van der Waals surface area contributed by atoms with Gasteiger partial charge in [-0.25, -0.2) is 0 Å². The number of benzene rings is 1. The molecule has 1 aromatic rings. The van der Waals surface area contributed by atoms with Crippen molar-refractivity contribution in [3.05, 3.63) is 23.8 Å². The van der Waals surface area contributed by atoms with Gasteiger partial charge < -0.3 is 10.1 Å². The molecule has 1 amide bonds. The zero-order valence-electron chi connectivity index (χ0n) is 9.70. The fraction of sp³-hybridized carbons (Fsp3) is 0.364. The standard InChI is InChI=1S/C11H17N3O2/c1-7(14-12)9-4-5-11(16-3)10(6-9)13-8(2)15/h4-7,14H,12H2,1-3H3,(H,13,15). The van der Waals surface area contributed by atoms with Crippen LogP contribution in [0.25, 0.3) is 0 Å². The summed E-state index contributed by atoms with van der Waals surface area (Å²) in [6, 6.07) is 5.55. The molecule has 1 aromatic carbocycles. The molecule has 5 nitrogen and oxygen atoms in total. The minimum atomic E-state index is -0.135. The topological polar surface area (TPSA) is 76.4 Å². The van der Waals surface area contributed by atoms with Crippen molar-refractivity contribution in [2.75, 3.05) is 12.4 Å². The molecule has 0 bridgehead atoms. The first-order chi connectivity index (χ1) is 7.58. The lowest BCUT2D eigenvalue weighted by Crippen LogP contribution is -2.25. The maximum atomic E-state index is 11.0. The minimum Gasteiger partial charge on any atom is -0.495 e. The summed E-state index contributed by atoms with van der Waals surface area (Å²) in [5.74, 6) is 5.85. The van der Waals surface area contributed by atoms with Crippen LogP contribution in [0, 0.1) is 0 Å². The number of hydrogen-bond acceptors (Lipinski definition) is 4. The van der Waals surface area contributed by atoms with Crippen molar-refractivity contribution >= 4 is 11.6 Å². The molecule has 0 aromatic heterocycles. The maximum Gasteiger partial charge on any atom is 0.221 e. The lowest BCUT2D eigenvalue weighted by atomic mass is 10.1. The van der Waals surface area contributed by atoms with Gasteiger partial charge in [0.25, 0.3) is 0 Å². The highest BCUT2D eigenvalue weighted by Gasteiger charge is 2.09. The third-order valence-electron chi connectivity index (χ3n) is 2.28. The monoisotopic (exact) mass is 223 g/mol. The number of anilines is 1. The van der Waals surface area contributed by atoms with Gasteiger partial charge in [-0.15, -0.1) is 0 Å². The fourth-order valence-electron chi connectivity index (χ4n) is 1.38. The van der Waals surface area contributed by atoms with Gasteiger partial charge in [-0.3, -0.25) is 16.1 Å². The average Bonchev–Trinajstić information content (AvgIpc) is 2.27. The molecular weight excluding hydrogens is 206 g/mol. The molecule has 0 saturated heterocycles. The van der Waals surface area contributed by atoms with E-state index < -0.39 is 0 Å².